The maximum Gasteiger partial charge on any atom is 0.161 e. The number of hydrogen-bond donors (Lipinski definition) is 2. The number of ether oxygens (including phenoxy) is 2. The molecular formula is C17H22N2O2. The first-order chi connectivity index (χ1) is 10.2. The van der Waals surface area contributed by atoms with E-state index >= 15 is 0 Å². The highest BCUT2D eigenvalue weighted by molar-refractivity contribution is 5.46. The first kappa shape index (κ1) is 15.4. The Morgan fingerprint density at radius 2 is 1.71 bits per heavy atom. The molecule has 0 saturated carbocycles. The van der Waals surface area contributed by atoms with Crippen molar-refractivity contribution < 1.29 is 9.47 Å². The van der Waals surface area contributed by atoms with Gasteiger partial charge in [-0.1, -0.05) is 37.3 Å². The Labute approximate surface area is 125 Å². The van der Waals surface area contributed by atoms with E-state index in [9.17, 15) is 0 Å². The van der Waals surface area contributed by atoms with Crippen molar-refractivity contribution in [2.45, 2.75) is 19.4 Å². The van der Waals surface area contributed by atoms with Gasteiger partial charge in [0.2, 0.25) is 0 Å². The number of hydrazine groups is 1. The molecule has 1 atom stereocenters. The van der Waals surface area contributed by atoms with Crippen molar-refractivity contribution in [3.8, 4) is 11.5 Å². The van der Waals surface area contributed by atoms with Gasteiger partial charge >= 0.3 is 0 Å². The molecule has 0 aliphatic rings. The van der Waals surface area contributed by atoms with E-state index in [1.54, 1.807) is 14.2 Å². The Kier molecular flexibility index (Phi) is 5.20. The normalized spacial score (nSPS) is 12.0. The van der Waals surface area contributed by atoms with Crippen LogP contribution < -0.4 is 20.7 Å². The van der Waals surface area contributed by atoms with Gasteiger partial charge in [0.15, 0.2) is 11.5 Å². The fourth-order valence-electron chi connectivity index (χ4n) is 2.41. The number of nitrogens with two attached hydrogens (primary N) is 1. The third-order valence-corrected chi connectivity index (χ3v) is 3.60. The van der Waals surface area contributed by atoms with E-state index in [0.29, 0.717) is 11.5 Å². The Morgan fingerprint density at radius 1 is 1.00 bits per heavy atom. The third kappa shape index (κ3) is 3.35. The lowest BCUT2D eigenvalue weighted by atomic mass is 9.97. The summed E-state index contributed by atoms with van der Waals surface area (Å²) in [5.41, 5.74) is 6.32. The second-order valence-electron chi connectivity index (χ2n) is 4.81. The molecule has 0 aliphatic carbocycles. The van der Waals surface area contributed by atoms with Gasteiger partial charge in [-0.25, -0.2) is 5.43 Å². The van der Waals surface area contributed by atoms with Crippen LogP contribution in [0, 0.1) is 0 Å². The SMILES string of the molecule is CCc1cccc(C(NN)c2ccc(OC)c(OC)c2)c1. The Bertz CT molecular complexity index is 599. The van der Waals surface area contributed by atoms with Crippen molar-refractivity contribution in [2.24, 2.45) is 5.84 Å². The second kappa shape index (κ2) is 7.11. The van der Waals surface area contributed by atoms with Gasteiger partial charge in [0.25, 0.3) is 0 Å². The maximum absolute atomic E-state index is 5.77. The van der Waals surface area contributed by atoms with E-state index in [4.69, 9.17) is 15.3 Å². The van der Waals surface area contributed by atoms with Crippen molar-refractivity contribution in [1.29, 1.82) is 0 Å². The monoisotopic (exact) mass is 286 g/mol. The number of aryl methyl sites for hydroxylation is 1. The lowest BCUT2D eigenvalue weighted by Crippen LogP contribution is -2.28. The zero-order chi connectivity index (χ0) is 15.2. The van der Waals surface area contributed by atoms with E-state index in [1.165, 1.54) is 5.56 Å². The van der Waals surface area contributed by atoms with Gasteiger partial charge < -0.3 is 9.47 Å². The molecule has 21 heavy (non-hydrogen) atoms. The molecule has 1 unspecified atom stereocenters. The lowest BCUT2D eigenvalue weighted by molar-refractivity contribution is 0.354. The summed E-state index contributed by atoms with van der Waals surface area (Å²) >= 11 is 0. The van der Waals surface area contributed by atoms with Gasteiger partial charge in [0, 0.05) is 0 Å². The molecule has 3 N–H and O–H groups in total. The summed E-state index contributed by atoms with van der Waals surface area (Å²) in [6, 6.07) is 14.2. The molecule has 2 rings (SSSR count). The van der Waals surface area contributed by atoms with Crippen LogP contribution in [0.1, 0.15) is 29.7 Å². The molecule has 2 aromatic rings. The molecule has 0 radical (unpaired) electrons. The number of rotatable bonds is 6. The van der Waals surface area contributed by atoms with Crippen LogP contribution in [-0.4, -0.2) is 14.2 Å². The molecule has 112 valence electrons. The average molecular weight is 286 g/mol. The second-order valence-corrected chi connectivity index (χ2v) is 4.81. The number of methoxy groups -OCH3 is 2. The van der Waals surface area contributed by atoms with E-state index in [1.807, 2.05) is 18.2 Å². The van der Waals surface area contributed by atoms with Crippen LogP contribution in [0.15, 0.2) is 42.5 Å². The lowest BCUT2D eigenvalue weighted by Gasteiger charge is -2.19. The molecule has 0 saturated heterocycles. The molecule has 0 spiro atoms. The van der Waals surface area contributed by atoms with Crippen LogP contribution in [0.3, 0.4) is 0 Å². The quantitative estimate of drug-likeness (QED) is 0.633. The molecule has 2 aromatic carbocycles. The van der Waals surface area contributed by atoms with Gasteiger partial charge in [-0.3, -0.25) is 5.84 Å². The third-order valence-electron chi connectivity index (χ3n) is 3.60. The van der Waals surface area contributed by atoms with Crippen LogP contribution in [0.25, 0.3) is 0 Å². The maximum atomic E-state index is 5.77. The summed E-state index contributed by atoms with van der Waals surface area (Å²) < 4.78 is 10.6. The van der Waals surface area contributed by atoms with E-state index in [2.05, 4.69) is 36.6 Å². The number of benzene rings is 2. The van der Waals surface area contributed by atoms with Gasteiger partial charge in [0.1, 0.15) is 0 Å². The molecule has 4 heteroatoms. The molecule has 0 aliphatic heterocycles. The zero-order valence-electron chi connectivity index (χ0n) is 12.7. The van der Waals surface area contributed by atoms with Gasteiger partial charge in [0.05, 0.1) is 20.3 Å². The summed E-state index contributed by atoms with van der Waals surface area (Å²) in [4.78, 5) is 0. The standard InChI is InChI=1S/C17H22N2O2/c1-4-12-6-5-7-13(10-12)17(19-18)14-8-9-15(20-2)16(11-14)21-3/h5-11,17,19H,4,18H2,1-3H3. The fourth-order valence-corrected chi connectivity index (χ4v) is 2.41. The predicted octanol–water partition coefficient (Wildman–Crippen LogP) is 2.82. The molecule has 0 heterocycles. The van der Waals surface area contributed by atoms with Crippen LogP contribution in [0.5, 0.6) is 11.5 Å². The minimum atomic E-state index is -0.0868. The number of hydrogen-bond acceptors (Lipinski definition) is 4. The summed E-state index contributed by atoms with van der Waals surface area (Å²) in [7, 11) is 3.26. The molecule has 0 aromatic heterocycles. The topological polar surface area (TPSA) is 56.5 Å². The summed E-state index contributed by atoms with van der Waals surface area (Å²) in [5, 5.41) is 0. The Morgan fingerprint density at radius 3 is 2.33 bits per heavy atom. The molecule has 0 amide bonds. The fraction of sp³-hybridized carbons (Fsp3) is 0.294. The van der Waals surface area contributed by atoms with Crippen LogP contribution in [0.4, 0.5) is 0 Å². The summed E-state index contributed by atoms with van der Waals surface area (Å²) in [5.74, 6) is 7.17. The van der Waals surface area contributed by atoms with Crippen molar-refractivity contribution in [1.82, 2.24) is 5.43 Å². The minimum Gasteiger partial charge on any atom is -0.493 e. The predicted molar refractivity (Wildman–Crippen MR) is 84.5 cm³/mol. The van der Waals surface area contributed by atoms with Crippen LogP contribution >= 0.6 is 0 Å². The van der Waals surface area contributed by atoms with Gasteiger partial charge in [-0.2, -0.15) is 0 Å². The summed E-state index contributed by atoms with van der Waals surface area (Å²) in [6.07, 6.45) is 0.997. The Balaban J connectivity index is 2.40. The van der Waals surface area contributed by atoms with Crippen molar-refractivity contribution >= 4 is 0 Å². The van der Waals surface area contributed by atoms with Crippen molar-refractivity contribution in [3.63, 3.8) is 0 Å². The van der Waals surface area contributed by atoms with Gasteiger partial charge in [-0.15, -0.1) is 0 Å². The first-order valence-electron chi connectivity index (χ1n) is 7.00. The minimum absolute atomic E-state index is 0.0868. The van der Waals surface area contributed by atoms with E-state index < -0.39 is 0 Å². The molecule has 0 fully saturated rings. The van der Waals surface area contributed by atoms with Gasteiger partial charge in [-0.05, 0) is 35.2 Å². The van der Waals surface area contributed by atoms with Crippen molar-refractivity contribution in [3.05, 3.63) is 59.2 Å². The smallest absolute Gasteiger partial charge is 0.161 e. The largest absolute Gasteiger partial charge is 0.493 e. The average Bonchev–Trinajstić information content (AvgIpc) is 2.55. The molecule has 0 bridgehead atoms. The highest BCUT2D eigenvalue weighted by atomic mass is 16.5. The number of nitrogens with one attached hydrogen (secondary N) is 1. The highest BCUT2D eigenvalue weighted by Gasteiger charge is 2.15. The molecule has 4 nitrogen and oxygen atoms in total. The van der Waals surface area contributed by atoms with E-state index in [-0.39, 0.29) is 6.04 Å². The molecular weight excluding hydrogens is 264 g/mol. The highest BCUT2D eigenvalue weighted by Crippen LogP contribution is 2.32. The van der Waals surface area contributed by atoms with Crippen LogP contribution in [-0.2, 0) is 6.42 Å². The zero-order valence-corrected chi connectivity index (χ0v) is 12.7. The van der Waals surface area contributed by atoms with Crippen LogP contribution in [0.2, 0.25) is 0 Å². The Hall–Kier alpha value is -2.04. The summed E-state index contributed by atoms with van der Waals surface area (Å²) in [6.45, 7) is 2.14. The first-order valence-corrected chi connectivity index (χ1v) is 7.00. The van der Waals surface area contributed by atoms with Crippen molar-refractivity contribution in [2.75, 3.05) is 14.2 Å². The van der Waals surface area contributed by atoms with E-state index in [0.717, 1.165) is 17.5 Å².